The molecule has 1 saturated heterocycles. The number of fused-ring (bicyclic) bond motifs is 1. The van der Waals surface area contributed by atoms with Crippen molar-refractivity contribution in [3.8, 4) is 0 Å². The van der Waals surface area contributed by atoms with E-state index in [1.807, 2.05) is 45.0 Å². The fourth-order valence-electron chi connectivity index (χ4n) is 4.22. The highest BCUT2D eigenvalue weighted by molar-refractivity contribution is 6.30. The van der Waals surface area contributed by atoms with Gasteiger partial charge in [-0.2, -0.15) is 0 Å². The summed E-state index contributed by atoms with van der Waals surface area (Å²) in [4.78, 5) is 29.2. The molecule has 8 nitrogen and oxygen atoms in total. The zero-order chi connectivity index (χ0) is 25.0. The maximum atomic E-state index is 13.8. The van der Waals surface area contributed by atoms with E-state index >= 15 is 0 Å². The van der Waals surface area contributed by atoms with Crippen molar-refractivity contribution in [2.24, 2.45) is 0 Å². The number of rotatable bonds is 9. The average Bonchev–Trinajstić information content (AvgIpc) is 3.50. The molecule has 35 heavy (non-hydrogen) atoms. The summed E-state index contributed by atoms with van der Waals surface area (Å²) in [5, 5.41) is 12.0. The lowest BCUT2D eigenvalue weighted by Crippen LogP contribution is -2.52. The SMILES string of the molecule is CCC(C)(C)NC(=O)[C@H](c1ccc(Cl)cc1)N(C[C@H]1CCCO1)C(=O)Cn1nnc2ccccc21. The third-order valence-corrected chi connectivity index (χ3v) is 6.79. The molecular formula is C26H32ClN5O3. The summed E-state index contributed by atoms with van der Waals surface area (Å²) in [7, 11) is 0. The van der Waals surface area contributed by atoms with Gasteiger partial charge >= 0.3 is 0 Å². The van der Waals surface area contributed by atoms with E-state index in [1.165, 1.54) is 0 Å². The molecule has 1 aromatic heterocycles. The lowest BCUT2D eigenvalue weighted by Gasteiger charge is -2.35. The molecule has 0 saturated carbocycles. The monoisotopic (exact) mass is 497 g/mol. The quantitative estimate of drug-likeness (QED) is 0.480. The van der Waals surface area contributed by atoms with Crippen LogP contribution in [0.1, 0.15) is 51.6 Å². The summed E-state index contributed by atoms with van der Waals surface area (Å²) in [6.45, 7) is 6.87. The van der Waals surface area contributed by atoms with E-state index in [1.54, 1.807) is 33.8 Å². The van der Waals surface area contributed by atoms with Crippen LogP contribution in [0, 0.1) is 0 Å². The Bertz CT molecular complexity index is 1170. The molecule has 2 amide bonds. The van der Waals surface area contributed by atoms with E-state index in [0.717, 1.165) is 24.8 Å². The van der Waals surface area contributed by atoms with Crippen LogP contribution in [0.5, 0.6) is 0 Å². The molecule has 0 bridgehead atoms. The summed E-state index contributed by atoms with van der Waals surface area (Å²) in [6, 6.07) is 13.7. The van der Waals surface area contributed by atoms with Gasteiger partial charge in [0, 0.05) is 23.7 Å². The number of nitrogens with zero attached hydrogens (tertiary/aromatic N) is 4. The highest BCUT2D eigenvalue weighted by Gasteiger charge is 2.36. The molecular weight excluding hydrogens is 466 g/mol. The van der Waals surface area contributed by atoms with Gasteiger partial charge < -0.3 is 15.0 Å². The molecule has 4 rings (SSSR count). The minimum absolute atomic E-state index is 0.0399. The van der Waals surface area contributed by atoms with Crippen molar-refractivity contribution in [1.29, 1.82) is 0 Å². The second-order valence-corrected chi connectivity index (χ2v) is 10.0. The molecule has 9 heteroatoms. The number of hydrogen-bond acceptors (Lipinski definition) is 5. The van der Waals surface area contributed by atoms with Crippen LogP contribution in [0.2, 0.25) is 5.02 Å². The van der Waals surface area contributed by atoms with Crippen LogP contribution < -0.4 is 5.32 Å². The van der Waals surface area contributed by atoms with Crippen LogP contribution in [0.25, 0.3) is 11.0 Å². The Kier molecular flexibility index (Phi) is 7.72. The standard InChI is InChI=1S/C26H32ClN5O3/c1-4-26(2,3)28-25(34)24(18-11-13-19(27)14-12-18)31(16-20-8-7-15-35-20)23(33)17-32-22-10-6-5-9-21(22)29-30-32/h5-6,9-14,20,24H,4,7-8,15-17H2,1-3H3,(H,28,34)/t20-,24+/m1/s1. The van der Waals surface area contributed by atoms with Crippen LogP contribution in [-0.4, -0.2) is 56.5 Å². The second kappa shape index (κ2) is 10.7. The largest absolute Gasteiger partial charge is 0.376 e. The number of amides is 2. The van der Waals surface area contributed by atoms with Crippen LogP contribution in [0.15, 0.2) is 48.5 Å². The number of benzene rings is 2. The molecule has 2 atom stereocenters. The second-order valence-electron chi connectivity index (χ2n) is 9.60. The number of para-hydroxylation sites is 1. The van der Waals surface area contributed by atoms with Crippen molar-refractivity contribution in [1.82, 2.24) is 25.2 Å². The smallest absolute Gasteiger partial charge is 0.247 e. The number of nitrogens with one attached hydrogen (secondary N) is 1. The van der Waals surface area contributed by atoms with Crippen LogP contribution >= 0.6 is 11.6 Å². The van der Waals surface area contributed by atoms with Gasteiger partial charge in [-0.3, -0.25) is 9.59 Å². The number of aromatic nitrogens is 3. The maximum Gasteiger partial charge on any atom is 0.247 e. The Morgan fingerprint density at radius 1 is 1.23 bits per heavy atom. The van der Waals surface area contributed by atoms with Gasteiger partial charge in [0.25, 0.3) is 0 Å². The van der Waals surface area contributed by atoms with Gasteiger partial charge in [-0.1, -0.05) is 48.0 Å². The van der Waals surface area contributed by atoms with Crippen molar-refractivity contribution in [2.45, 2.75) is 64.3 Å². The molecule has 0 unspecified atom stereocenters. The molecule has 0 aliphatic carbocycles. The molecule has 0 spiro atoms. The zero-order valence-electron chi connectivity index (χ0n) is 20.4. The van der Waals surface area contributed by atoms with Gasteiger partial charge in [0.2, 0.25) is 11.8 Å². The van der Waals surface area contributed by atoms with Crippen molar-refractivity contribution < 1.29 is 14.3 Å². The van der Waals surface area contributed by atoms with E-state index in [4.69, 9.17) is 16.3 Å². The molecule has 186 valence electrons. The lowest BCUT2D eigenvalue weighted by atomic mass is 9.98. The minimum atomic E-state index is -0.843. The van der Waals surface area contributed by atoms with Gasteiger partial charge in [-0.15, -0.1) is 5.10 Å². The highest BCUT2D eigenvalue weighted by atomic mass is 35.5. The summed E-state index contributed by atoms with van der Waals surface area (Å²) >= 11 is 6.14. The van der Waals surface area contributed by atoms with E-state index in [0.29, 0.717) is 29.3 Å². The van der Waals surface area contributed by atoms with Crippen molar-refractivity contribution in [3.05, 3.63) is 59.1 Å². The minimum Gasteiger partial charge on any atom is -0.376 e. The summed E-state index contributed by atoms with van der Waals surface area (Å²) in [5.74, 6) is -0.477. The molecule has 1 aliphatic rings. The predicted octanol–water partition coefficient (Wildman–Crippen LogP) is 4.14. The van der Waals surface area contributed by atoms with Crippen LogP contribution in [-0.2, 0) is 20.9 Å². The number of halogens is 1. The number of carbonyl (C=O) groups is 2. The Labute approximate surface area is 210 Å². The molecule has 0 radical (unpaired) electrons. The Morgan fingerprint density at radius 3 is 2.66 bits per heavy atom. The number of hydrogen-bond donors (Lipinski definition) is 1. The van der Waals surface area contributed by atoms with Crippen LogP contribution in [0.4, 0.5) is 0 Å². The summed E-state index contributed by atoms with van der Waals surface area (Å²) < 4.78 is 7.44. The van der Waals surface area contributed by atoms with Gasteiger partial charge in [0.05, 0.1) is 11.6 Å². The van der Waals surface area contributed by atoms with Gasteiger partial charge in [0.15, 0.2) is 0 Å². The van der Waals surface area contributed by atoms with Crippen molar-refractivity contribution >= 4 is 34.4 Å². The Hall–Kier alpha value is -2.97. The first-order chi connectivity index (χ1) is 16.8. The number of ether oxygens (including phenoxy) is 1. The first-order valence-corrected chi connectivity index (χ1v) is 12.4. The average molecular weight is 498 g/mol. The zero-order valence-corrected chi connectivity index (χ0v) is 21.2. The van der Waals surface area contributed by atoms with E-state index in [-0.39, 0.29) is 24.5 Å². The van der Waals surface area contributed by atoms with E-state index < -0.39 is 11.6 Å². The third-order valence-electron chi connectivity index (χ3n) is 6.54. The number of carbonyl (C=O) groups excluding carboxylic acids is 2. The first-order valence-electron chi connectivity index (χ1n) is 12.0. The third kappa shape index (κ3) is 6.00. The summed E-state index contributed by atoms with van der Waals surface area (Å²) in [5.41, 5.74) is 1.73. The fourth-order valence-corrected chi connectivity index (χ4v) is 4.35. The maximum absolute atomic E-state index is 13.8. The molecule has 2 aromatic carbocycles. The van der Waals surface area contributed by atoms with E-state index in [9.17, 15) is 9.59 Å². The molecule has 3 aromatic rings. The van der Waals surface area contributed by atoms with Crippen LogP contribution in [0.3, 0.4) is 0 Å². The lowest BCUT2D eigenvalue weighted by molar-refractivity contribution is -0.144. The van der Waals surface area contributed by atoms with Gasteiger partial charge in [-0.25, -0.2) is 4.68 Å². The topological polar surface area (TPSA) is 89.4 Å². The van der Waals surface area contributed by atoms with Crippen molar-refractivity contribution in [3.63, 3.8) is 0 Å². The molecule has 1 fully saturated rings. The highest BCUT2D eigenvalue weighted by Crippen LogP contribution is 2.27. The molecule has 1 aliphatic heterocycles. The van der Waals surface area contributed by atoms with Gasteiger partial charge in [-0.05, 0) is 62.9 Å². The predicted molar refractivity (Wildman–Crippen MR) is 135 cm³/mol. The van der Waals surface area contributed by atoms with E-state index in [2.05, 4.69) is 15.6 Å². The first kappa shape index (κ1) is 25.1. The fraction of sp³-hybridized carbons (Fsp3) is 0.462. The molecule has 1 N–H and O–H groups in total. The van der Waals surface area contributed by atoms with Crippen molar-refractivity contribution in [2.75, 3.05) is 13.2 Å². The Morgan fingerprint density at radius 2 is 1.97 bits per heavy atom. The molecule has 2 heterocycles. The summed E-state index contributed by atoms with van der Waals surface area (Å²) in [6.07, 6.45) is 2.39. The normalized spacial score (nSPS) is 16.9. The van der Waals surface area contributed by atoms with Gasteiger partial charge in [0.1, 0.15) is 18.1 Å². The Balaban J connectivity index is 1.70.